The zero-order valence-electron chi connectivity index (χ0n) is 10.8. The average Bonchev–Trinajstić information content (AvgIpc) is 2.25. The molecular weight excluding hydrogens is 216 g/mol. The highest BCUT2D eigenvalue weighted by Gasteiger charge is 2.14. The Bertz CT molecular complexity index is 373. The van der Waals surface area contributed by atoms with Gasteiger partial charge in [-0.25, -0.2) is 0 Å². The van der Waals surface area contributed by atoms with Gasteiger partial charge in [-0.3, -0.25) is 0 Å². The Morgan fingerprint density at radius 2 is 1.82 bits per heavy atom. The minimum atomic E-state index is -1.17. The van der Waals surface area contributed by atoms with Gasteiger partial charge in [0.05, 0.1) is 5.97 Å². The molecule has 1 unspecified atom stereocenters. The van der Waals surface area contributed by atoms with E-state index in [1.165, 1.54) is 5.56 Å². The van der Waals surface area contributed by atoms with Gasteiger partial charge < -0.3 is 14.6 Å². The van der Waals surface area contributed by atoms with Gasteiger partial charge in [-0.05, 0) is 29.5 Å². The van der Waals surface area contributed by atoms with Crippen molar-refractivity contribution in [1.29, 1.82) is 0 Å². The van der Waals surface area contributed by atoms with Gasteiger partial charge in [0.25, 0.3) is 0 Å². The van der Waals surface area contributed by atoms with Gasteiger partial charge in [0.15, 0.2) is 0 Å². The Labute approximate surface area is 102 Å². The third-order valence-corrected chi connectivity index (χ3v) is 2.63. The lowest BCUT2D eigenvalue weighted by Gasteiger charge is -2.21. The van der Waals surface area contributed by atoms with Gasteiger partial charge in [-0.15, -0.1) is 0 Å². The van der Waals surface area contributed by atoms with E-state index in [-0.39, 0.29) is 5.41 Å². The van der Waals surface area contributed by atoms with Crippen LogP contribution in [-0.2, 0) is 10.2 Å². The maximum Gasteiger partial charge on any atom is 0.138 e. The highest BCUT2D eigenvalue weighted by Crippen LogP contribution is 2.24. The van der Waals surface area contributed by atoms with Crippen molar-refractivity contribution >= 4 is 5.97 Å². The minimum absolute atomic E-state index is 0.0804. The fourth-order valence-electron chi connectivity index (χ4n) is 1.50. The predicted molar refractivity (Wildman–Crippen MR) is 64.9 cm³/mol. The first kappa shape index (κ1) is 13.6. The summed E-state index contributed by atoms with van der Waals surface area (Å²) in [5.41, 5.74) is 1.27. The van der Waals surface area contributed by atoms with Crippen LogP contribution in [0.2, 0.25) is 0 Å². The molecule has 0 heterocycles. The average molecular weight is 235 g/mol. The van der Waals surface area contributed by atoms with E-state index in [0.29, 0.717) is 12.2 Å². The molecule has 0 aliphatic heterocycles. The van der Waals surface area contributed by atoms with Crippen molar-refractivity contribution in [3.63, 3.8) is 0 Å². The Kier molecular flexibility index (Phi) is 4.16. The van der Waals surface area contributed by atoms with E-state index in [0.717, 1.165) is 0 Å². The van der Waals surface area contributed by atoms with Crippen molar-refractivity contribution in [3.05, 3.63) is 29.8 Å². The highest BCUT2D eigenvalue weighted by atomic mass is 16.5. The summed E-state index contributed by atoms with van der Waals surface area (Å²) < 4.78 is 5.33. The molecule has 1 aromatic carbocycles. The molecule has 0 spiro atoms. The molecule has 0 bridgehead atoms. The van der Waals surface area contributed by atoms with Crippen molar-refractivity contribution in [2.75, 3.05) is 0 Å². The van der Waals surface area contributed by atoms with Crippen LogP contribution < -0.4 is 9.84 Å². The molecule has 0 fully saturated rings. The van der Waals surface area contributed by atoms with Crippen LogP contribution in [0, 0.1) is 0 Å². The molecular formula is C14H19O3-. The molecule has 0 saturated heterocycles. The van der Waals surface area contributed by atoms with E-state index in [4.69, 9.17) is 4.74 Å². The molecule has 0 aromatic heterocycles. The number of hydrogen-bond acceptors (Lipinski definition) is 3. The molecule has 1 aromatic rings. The number of ether oxygens (including phenoxy) is 1. The fourth-order valence-corrected chi connectivity index (χ4v) is 1.50. The number of carbonyl (C=O) groups is 1. The molecule has 0 radical (unpaired) electrons. The third-order valence-electron chi connectivity index (χ3n) is 2.63. The summed E-state index contributed by atoms with van der Waals surface area (Å²) in [5.74, 6) is -0.610. The lowest BCUT2D eigenvalue weighted by molar-refractivity contribution is -0.313. The maximum absolute atomic E-state index is 10.7. The quantitative estimate of drug-likeness (QED) is 0.800. The number of carboxylic acid groups (broad SMARTS) is 1. The van der Waals surface area contributed by atoms with Crippen LogP contribution in [0.5, 0.6) is 5.75 Å². The zero-order chi connectivity index (χ0) is 13.1. The molecule has 17 heavy (non-hydrogen) atoms. The number of hydrogen-bond donors (Lipinski definition) is 0. The second-order valence-corrected chi connectivity index (χ2v) is 5.11. The van der Waals surface area contributed by atoms with Crippen LogP contribution in [0.25, 0.3) is 0 Å². The Balaban J connectivity index is 2.78. The Morgan fingerprint density at radius 3 is 2.18 bits per heavy atom. The topological polar surface area (TPSA) is 49.4 Å². The lowest BCUT2D eigenvalue weighted by Crippen LogP contribution is -2.39. The first-order valence-corrected chi connectivity index (χ1v) is 5.82. The Morgan fingerprint density at radius 1 is 1.29 bits per heavy atom. The second-order valence-electron chi connectivity index (χ2n) is 5.11. The summed E-state index contributed by atoms with van der Waals surface area (Å²) in [6.07, 6.45) is -0.487. The molecule has 3 nitrogen and oxygen atoms in total. The Hall–Kier alpha value is -1.51. The van der Waals surface area contributed by atoms with Crippen molar-refractivity contribution in [3.8, 4) is 5.75 Å². The SMILES string of the molecule is CCC(Oc1ccc(C(C)(C)C)cc1)C(=O)[O-]. The van der Waals surface area contributed by atoms with E-state index in [9.17, 15) is 9.90 Å². The highest BCUT2D eigenvalue weighted by molar-refractivity contribution is 5.70. The van der Waals surface area contributed by atoms with Gasteiger partial charge in [0.2, 0.25) is 0 Å². The van der Waals surface area contributed by atoms with Crippen LogP contribution in [-0.4, -0.2) is 12.1 Å². The van der Waals surface area contributed by atoms with E-state index >= 15 is 0 Å². The summed E-state index contributed by atoms with van der Waals surface area (Å²) in [5, 5.41) is 10.7. The summed E-state index contributed by atoms with van der Waals surface area (Å²) in [4.78, 5) is 10.7. The zero-order valence-corrected chi connectivity index (χ0v) is 10.8. The van der Waals surface area contributed by atoms with Gasteiger partial charge in [-0.1, -0.05) is 39.8 Å². The van der Waals surface area contributed by atoms with Crippen molar-refractivity contribution < 1.29 is 14.6 Å². The predicted octanol–water partition coefficient (Wildman–Crippen LogP) is 1.89. The van der Waals surface area contributed by atoms with Crippen molar-refractivity contribution in [2.24, 2.45) is 0 Å². The van der Waals surface area contributed by atoms with Gasteiger partial charge in [0, 0.05) is 0 Å². The molecule has 3 heteroatoms. The first-order valence-electron chi connectivity index (χ1n) is 5.82. The fraction of sp³-hybridized carbons (Fsp3) is 0.500. The molecule has 0 aliphatic rings. The maximum atomic E-state index is 10.7. The lowest BCUT2D eigenvalue weighted by atomic mass is 9.87. The molecule has 0 saturated carbocycles. The van der Waals surface area contributed by atoms with Crippen molar-refractivity contribution in [2.45, 2.75) is 45.6 Å². The van der Waals surface area contributed by atoms with E-state index in [1.807, 2.05) is 12.1 Å². The smallest absolute Gasteiger partial charge is 0.138 e. The number of benzene rings is 1. The first-order chi connectivity index (χ1) is 7.84. The number of carbonyl (C=O) groups excluding carboxylic acids is 1. The summed E-state index contributed by atoms with van der Waals surface area (Å²) in [6.45, 7) is 8.13. The van der Waals surface area contributed by atoms with E-state index < -0.39 is 12.1 Å². The van der Waals surface area contributed by atoms with Crippen LogP contribution in [0.15, 0.2) is 24.3 Å². The second kappa shape index (κ2) is 5.21. The third kappa shape index (κ3) is 3.77. The summed E-state index contributed by atoms with van der Waals surface area (Å²) in [6, 6.07) is 7.51. The van der Waals surface area contributed by atoms with Crippen LogP contribution >= 0.6 is 0 Å². The van der Waals surface area contributed by atoms with Gasteiger partial charge in [-0.2, -0.15) is 0 Å². The van der Waals surface area contributed by atoms with Crippen LogP contribution in [0.4, 0.5) is 0 Å². The van der Waals surface area contributed by atoms with E-state index in [1.54, 1.807) is 19.1 Å². The molecule has 0 aliphatic carbocycles. The van der Waals surface area contributed by atoms with Crippen molar-refractivity contribution in [1.82, 2.24) is 0 Å². The summed E-state index contributed by atoms with van der Waals surface area (Å²) in [7, 11) is 0. The largest absolute Gasteiger partial charge is 0.546 e. The van der Waals surface area contributed by atoms with Gasteiger partial charge >= 0.3 is 0 Å². The van der Waals surface area contributed by atoms with Crippen LogP contribution in [0.3, 0.4) is 0 Å². The molecule has 1 rings (SSSR count). The molecule has 0 N–H and O–H groups in total. The monoisotopic (exact) mass is 235 g/mol. The molecule has 94 valence electrons. The molecule has 1 atom stereocenters. The van der Waals surface area contributed by atoms with Gasteiger partial charge in [0.1, 0.15) is 11.9 Å². The standard InChI is InChI=1S/C14H20O3/c1-5-12(13(15)16)17-11-8-6-10(7-9-11)14(2,3)4/h6-9,12H,5H2,1-4H3,(H,15,16)/p-1. The van der Waals surface area contributed by atoms with E-state index in [2.05, 4.69) is 20.8 Å². The minimum Gasteiger partial charge on any atom is -0.546 e. The van der Waals surface area contributed by atoms with Crippen LogP contribution in [0.1, 0.15) is 39.7 Å². The normalized spacial score (nSPS) is 13.2. The summed E-state index contributed by atoms with van der Waals surface area (Å²) >= 11 is 0. The molecule has 0 amide bonds. The number of aliphatic carboxylic acids is 1. The number of carboxylic acids is 1. The number of rotatable bonds is 4.